The van der Waals surface area contributed by atoms with Crippen LogP contribution in [0.5, 0.6) is 5.75 Å². The van der Waals surface area contributed by atoms with Crippen LogP contribution in [0.15, 0.2) is 18.2 Å². The van der Waals surface area contributed by atoms with Gasteiger partial charge in [0.1, 0.15) is 11.8 Å². The molecule has 4 nitrogen and oxygen atoms in total. The maximum atomic E-state index is 9.45. The van der Waals surface area contributed by atoms with Gasteiger partial charge in [-0.1, -0.05) is 6.07 Å². The topological polar surface area (TPSA) is 62.5 Å². The Bertz CT molecular complexity index is 467. The maximum Gasteiger partial charge on any atom is 0.180 e. The zero-order valence-electron chi connectivity index (χ0n) is 10.5. The van der Waals surface area contributed by atoms with Crippen LogP contribution in [-0.4, -0.2) is 25.4 Å². The van der Waals surface area contributed by atoms with Crippen molar-refractivity contribution in [3.63, 3.8) is 0 Å². The molecule has 18 heavy (non-hydrogen) atoms. The second-order valence-electron chi connectivity index (χ2n) is 4.39. The van der Waals surface area contributed by atoms with E-state index >= 15 is 0 Å². The predicted octanol–water partition coefficient (Wildman–Crippen LogP) is 1.76. The highest BCUT2D eigenvalue weighted by Crippen LogP contribution is 2.41. The second kappa shape index (κ2) is 5.38. The second-order valence-corrected chi connectivity index (χ2v) is 4.39. The minimum absolute atomic E-state index is 0.0759. The summed E-state index contributed by atoms with van der Waals surface area (Å²) in [6.45, 7) is 0.465. The maximum absolute atomic E-state index is 9.45. The number of benzene rings is 1. The summed E-state index contributed by atoms with van der Waals surface area (Å²) in [5, 5.41) is 18.2. The van der Waals surface area contributed by atoms with Gasteiger partial charge in [-0.05, 0) is 37.0 Å². The number of aliphatic hydroxyl groups excluding tert-OH is 1. The van der Waals surface area contributed by atoms with Crippen LogP contribution in [-0.2, 0) is 16.8 Å². The first-order chi connectivity index (χ1) is 8.75. The Morgan fingerprint density at radius 2 is 2.33 bits per heavy atom. The van der Waals surface area contributed by atoms with Crippen molar-refractivity contribution in [2.45, 2.75) is 24.9 Å². The summed E-state index contributed by atoms with van der Waals surface area (Å²) in [5.74, 6) is 0.737. The Morgan fingerprint density at radius 3 is 3.00 bits per heavy atom. The number of nitrogens with zero attached hydrogens (tertiary/aromatic N) is 1. The van der Waals surface area contributed by atoms with Gasteiger partial charge < -0.3 is 14.6 Å². The van der Waals surface area contributed by atoms with Crippen molar-refractivity contribution in [1.29, 1.82) is 5.26 Å². The van der Waals surface area contributed by atoms with Crippen LogP contribution in [0.1, 0.15) is 24.0 Å². The molecule has 1 unspecified atom stereocenters. The molecule has 0 radical (unpaired) electrons. The third kappa shape index (κ3) is 2.20. The number of rotatable bonds is 5. The molecular weight excluding hydrogens is 230 g/mol. The molecule has 0 aromatic heterocycles. The number of nitriles is 1. The summed E-state index contributed by atoms with van der Waals surface area (Å²) in [5.41, 5.74) is 1.17. The van der Waals surface area contributed by atoms with Gasteiger partial charge in [-0.15, -0.1) is 0 Å². The first-order valence-electron chi connectivity index (χ1n) is 6.09. The first kappa shape index (κ1) is 12.9. The molecule has 1 N–H and O–H groups in total. The monoisotopic (exact) mass is 247 g/mol. The minimum atomic E-state index is -0.876. The molecule has 1 aliphatic carbocycles. The fourth-order valence-corrected chi connectivity index (χ4v) is 2.33. The molecule has 0 heterocycles. The van der Waals surface area contributed by atoms with Gasteiger partial charge in [0, 0.05) is 12.2 Å². The Labute approximate surface area is 107 Å². The summed E-state index contributed by atoms with van der Waals surface area (Å²) >= 11 is 0. The summed E-state index contributed by atoms with van der Waals surface area (Å²) in [4.78, 5) is 0. The van der Waals surface area contributed by atoms with E-state index < -0.39 is 5.60 Å². The van der Waals surface area contributed by atoms with Crippen LogP contribution in [0.25, 0.3) is 0 Å². The Kier molecular flexibility index (Phi) is 3.85. The lowest BCUT2D eigenvalue weighted by atomic mass is 9.97. The zero-order valence-corrected chi connectivity index (χ0v) is 10.5. The molecule has 0 saturated carbocycles. The number of fused-ring (bicyclic) bond motifs is 1. The van der Waals surface area contributed by atoms with Crippen molar-refractivity contribution in [2.75, 3.05) is 20.3 Å². The van der Waals surface area contributed by atoms with Crippen molar-refractivity contribution in [2.24, 2.45) is 0 Å². The fraction of sp³-hybridized carbons (Fsp3) is 0.500. The molecule has 0 saturated heterocycles. The number of ether oxygens (including phenoxy) is 2. The van der Waals surface area contributed by atoms with Gasteiger partial charge in [-0.25, -0.2) is 0 Å². The van der Waals surface area contributed by atoms with Crippen LogP contribution < -0.4 is 4.74 Å². The Balaban J connectivity index is 2.28. The number of hydrogen-bond acceptors (Lipinski definition) is 4. The molecule has 96 valence electrons. The quantitative estimate of drug-likeness (QED) is 0.805. The van der Waals surface area contributed by atoms with E-state index in [0.717, 1.165) is 23.3 Å². The number of hydrogen-bond donors (Lipinski definition) is 1. The van der Waals surface area contributed by atoms with E-state index in [9.17, 15) is 5.26 Å². The van der Waals surface area contributed by atoms with Gasteiger partial charge in [-0.2, -0.15) is 5.26 Å². The average Bonchev–Trinajstić information content (AvgIpc) is 2.78. The third-order valence-corrected chi connectivity index (χ3v) is 3.33. The number of aliphatic hydroxyl groups is 1. The van der Waals surface area contributed by atoms with Crippen molar-refractivity contribution in [3.8, 4) is 11.8 Å². The van der Waals surface area contributed by atoms with E-state index in [1.54, 1.807) is 7.11 Å². The summed E-state index contributed by atoms with van der Waals surface area (Å²) in [7, 11) is 1.61. The Hall–Kier alpha value is -1.57. The number of methoxy groups -OCH3 is 1. The van der Waals surface area contributed by atoms with Gasteiger partial charge in [0.25, 0.3) is 0 Å². The summed E-state index contributed by atoms with van der Waals surface area (Å²) < 4.78 is 10.9. The van der Waals surface area contributed by atoms with Gasteiger partial charge in [0.05, 0.1) is 13.7 Å². The summed E-state index contributed by atoms with van der Waals surface area (Å²) in [6.07, 6.45) is 2.05. The predicted molar refractivity (Wildman–Crippen MR) is 66.3 cm³/mol. The van der Waals surface area contributed by atoms with E-state index in [-0.39, 0.29) is 6.61 Å². The van der Waals surface area contributed by atoms with Crippen LogP contribution >= 0.6 is 0 Å². The smallest absolute Gasteiger partial charge is 0.180 e. The van der Waals surface area contributed by atoms with E-state index in [0.29, 0.717) is 19.4 Å². The largest absolute Gasteiger partial charge is 0.497 e. The van der Waals surface area contributed by atoms with Gasteiger partial charge in [0.2, 0.25) is 0 Å². The highest BCUT2D eigenvalue weighted by atomic mass is 16.5. The van der Waals surface area contributed by atoms with E-state index in [4.69, 9.17) is 14.6 Å². The van der Waals surface area contributed by atoms with E-state index in [1.165, 1.54) is 0 Å². The number of aryl methyl sites for hydroxylation is 1. The third-order valence-electron chi connectivity index (χ3n) is 3.33. The molecule has 2 rings (SSSR count). The molecule has 0 fully saturated rings. The van der Waals surface area contributed by atoms with Crippen LogP contribution in [0, 0.1) is 11.3 Å². The highest BCUT2D eigenvalue weighted by Gasteiger charge is 2.40. The molecule has 0 amide bonds. The van der Waals surface area contributed by atoms with Crippen molar-refractivity contribution < 1.29 is 14.6 Å². The van der Waals surface area contributed by atoms with Gasteiger partial charge in [0.15, 0.2) is 5.60 Å². The highest BCUT2D eigenvalue weighted by molar-refractivity contribution is 5.46. The van der Waals surface area contributed by atoms with Crippen molar-refractivity contribution in [3.05, 3.63) is 29.3 Å². The molecule has 0 spiro atoms. The summed E-state index contributed by atoms with van der Waals surface area (Å²) in [6, 6.07) is 8.06. The van der Waals surface area contributed by atoms with Crippen LogP contribution in [0.3, 0.4) is 0 Å². The Morgan fingerprint density at radius 1 is 1.50 bits per heavy atom. The lowest BCUT2D eigenvalue weighted by Gasteiger charge is -2.23. The fourth-order valence-electron chi connectivity index (χ4n) is 2.33. The van der Waals surface area contributed by atoms with E-state index in [2.05, 4.69) is 6.07 Å². The van der Waals surface area contributed by atoms with Crippen molar-refractivity contribution >= 4 is 0 Å². The first-order valence-corrected chi connectivity index (χ1v) is 6.09. The van der Waals surface area contributed by atoms with Crippen molar-refractivity contribution in [1.82, 2.24) is 0 Å². The lowest BCUT2D eigenvalue weighted by molar-refractivity contribution is -0.0108. The molecule has 0 aliphatic heterocycles. The SMILES string of the molecule is COc1ccc2c(c1)C(C#N)(OCCCO)CC2. The zero-order chi connectivity index (χ0) is 13.0. The lowest BCUT2D eigenvalue weighted by Crippen LogP contribution is -2.25. The molecule has 4 heteroatoms. The van der Waals surface area contributed by atoms with Gasteiger partial charge in [-0.3, -0.25) is 0 Å². The molecule has 1 aromatic carbocycles. The minimum Gasteiger partial charge on any atom is -0.497 e. The molecule has 1 aliphatic rings. The molecular formula is C14H17NO3. The van der Waals surface area contributed by atoms with E-state index in [1.807, 2.05) is 18.2 Å². The molecule has 1 atom stereocenters. The van der Waals surface area contributed by atoms with Crippen LogP contribution in [0.4, 0.5) is 0 Å². The standard InChI is InChI=1S/C14H17NO3/c1-17-12-4-3-11-5-6-14(10-15,13(11)9-12)18-8-2-7-16/h3-4,9,16H,2,5-8H2,1H3. The molecule has 1 aromatic rings. The normalized spacial score (nSPS) is 21.4. The average molecular weight is 247 g/mol. The molecule has 0 bridgehead atoms. The van der Waals surface area contributed by atoms with Crippen LogP contribution in [0.2, 0.25) is 0 Å². The van der Waals surface area contributed by atoms with Gasteiger partial charge >= 0.3 is 0 Å².